The van der Waals surface area contributed by atoms with Crippen molar-refractivity contribution < 1.29 is 18.7 Å². The van der Waals surface area contributed by atoms with Gasteiger partial charge >= 0.3 is 0 Å². The fraction of sp³-hybridized carbons (Fsp3) is 0.182. The molecule has 0 unspecified atom stereocenters. The summed E-state index contributed by atoms with van der Waals surface area (Å²) >= 11 is 0. The monoisotopic (exact) mass is 374 g/mol. The highest BCUT2D eigenvalue weighted by atomic mass is 16.5. The van der Waals surface area contributed by atoms with Crippen molar-refractivity contribution in [1.29, 1.82) is 0 Å². The maximum absolute atomic E-state index is 13.0. The van der Waals surface area contributed by atoms with E-state index in [4.69, 9.17) is 9.15 Å². The number of nitrogens with zero attached hydrogens (tertiary/aromatic N) is 1. The first-order valence-electron chi connectivity index (χ1n) is 9.26. The third-order valence-corrected chi connectivity index (χ3v) is 4.97. The highest BCUT2D eigenvalue weighted by Gasteiger charge is 2.24. The lowest BCUT2D eigenvalue weighted by atomic mass is 10.0. The van der Waals surface area contributed by atoms with Crippen LogP contribution in [0.25, 0.3) is 21.9 Å². The van der Waals surface area contributed by atoms with Crippen LogP contribution in [0.5, 0.6) is 5.75 Å². The summed E-state index contributed by atoms with van der Waals surface area (Å²) in [4.78, 5) is 13.0. The smallest absolute Gasteiger partial charge is 0.256 e. The SMILES string of the molecule is O=C(Nc1cc[n+]([O-])cc1)c1ccc(OCC2CC2)c2oc3ccccc3c12. The summed E-state index contributed by atoms with van der Waals surface area (Å²) in [6, 6.07) is 14.3. The van der Waals surface area contributed by atoms with Crippen LogP contribution in [0, 0.1) is 11.1 Å². The number of carbonyl (C=O) groups excluding carboxylic acids is 1. The van der Waals surface area contributed by atoms with E-state index in [-0.39, 0.29) is 5.91 Å². The van der Waals surface area contributed by atoms with Gasteiger partial charge in [0.25, 0.3) is 5.91 Å². The number of benzene rings is 2. The predicted octanol–water partition coefficient (Wildman–Crippen LogP) is 4.26. The Morgan fingerprint density at radius 1 is 1.14 bits per heavy atom. The molecule has 0 bridgehead atoms. The van der Waals surface area contributed by atoms with E-state index in [2.05, 4.69) is 5.32 Å². The molecule has 140 valence electrons. The molecule has 0 atom stereocenters. The van der Waals surface area contributed by atoms with Crippen molar-refractivity contribution in [1.82, 2.24) is 0 Å². The molecule has 1 N–H and O–H groups in total. The molecule has 0 saturated heterocycles. The third kappa shape index (κ3) is 3.03. The van der Waals surface area contributed by atoms with E-state index in [1.165, 1.54) is 25.2 Å². The van der Waals surface area contributed by atoms with Crippen molar-refractivity contribution in [3.05, 3.63) is 71.7 Å². The quantitative estimate of drug-likeness (QED) is 0.418. The molecule has 1 aliphatic rings. The second kappa shape index (κ2) is 6.56. The second-order valence-corrected chi connectivity index (χ2v) is 7.07. The van der Waals surface area contributed by atoms with Gasteiger partial charge in [-0.25, -0.2) is 0 Å². The number of nitrogens with one attached hydrogen (secondary N) is 1. The molecule has 2 aromatic carbocycles. The summed E-state index contributed by atoms with van der Waals surface area (Å²) in [5, 5.41) is 15.6. The van der Waals surface area contributed by atoms with E-state index in [9.17, 15) is 10.0 Å². The zero-order valence-electron chi connectivity index (χ0n) is 15.1. The zero-order valence-corrected chi connectivity index (χ0v) is 15.1. The van der Waals surface area contributed by atoms with Crippen LogP contribution < -0.4 is 14.8 Å². The molecule has 1 amide bonds. The van der Waals surface area contributed by atoms with Crippen LogP contribution in [-0.4, -0.2) is 12.5 Å². The largest absolute Gasteiger partial charge is 0.619 e. The Hall–Kier alpha value is -3.54. The minimum absolute atomic E-state index is 0.269. The Bertz CT molecular complexity index is 1180. The number of furan rings is 1. The van der Waals surface area contributed by atoms with Crippen molar-refractivity contribution in [2.24, 2.45) is 5.92 Å². The molecule has 1 fully saturated rings. The van der Waals surface area contributed by atoms with Crippen LogP contribution in [0.4, 0.5) is 5.69 Å². The number of anilines is 1. The first kappa shape index (κ1) is 16.6. The maximum atomic E-state index is 13.0. The Morgan fingerprint density at radius 2 is 1.93 bits per heavy atom. The molecule has 2 heterocycles. The lowest BCUT2D eigenvalue weighted by Crippen LogP contribution is -2.24. The topological polar surface area (TPSA) is 78.4 Å². The number of hydrogen-bond acceptors (Lipinski definition) is 4. The molecule has 28 heavy (non-hydrogen) atoms. The Kier molecular flexibility index (Phi) is 3.90. The van der Waals surface area contributed by atoms with Crippen LogP contribution in [0.1, 0.15) is 23.2 Å². The predicted molar refractivity (Wildman–Crippen MR) is 105 cm³/mol. The number of ether oxygens (including phenoxy) is 1. The summed E-state index contributed by atoms with van der Waals surface area (Å²) in [7, 11) is 0. The minimum Gasteiger partial charge on any atom is -0.619 e. The van der Waals surface area contributed by atoms with E-state index < -0.39 is 0 Å². The van der Waals surface area contributed by atoms with E-state index in [1.54, 1.807) is 24.3 Å². The van der Waals surface area contributed by atoms with Gasteiger partial charge in [-0.1, -0.05) is 18.2 Å². The Labute approximate surface area is 160 Å². The standard InChI is InChI=1S/C22H18N2O4/c25-22(23-15-9-11-24(26)12-10-15)17-7-8-19(27-13-14-5-6-14)21-20(17)16-3-1-2-4-18(16)28-21/h1-4,7-12,14H,5-6,13H2,(H,23,25). The van der Waals surface area contributed by atoms with Gasteiger partial charge in [0.2, 0.25) is 0 Å². The maximum Gasteiger partial charge on any atom is 0.256 e. The fourth-order valence-electron chi connectivity index (χ4n) is 3.29. The van der Waals surface area contributed by atoms with Crippen molar-refractivity contribution in [3.8, 4) is 5.75 Å². The Balaban J connectivity index is 1.58. The van der Waals surface area contributed by atoms with Gasteiger partial charge in [-0.15, -0.1) is 0 Å². The summed E-state index contributed by atoms with van der Waals surface area (Å²) in [5.74, 6) is 1.000. The molecule has 2 aromatic heterocycles. The molecule has 6 heteroatoms. The van der Waals surface area contributed by atoms with Gasteiger partial charge in [-0.05, 0) is 37.0 Å². The minimum atomic E-state index is -0.269. The number of carbonyl (C=O) groups is 1. The number of aromatic nitrogens is 1. The summed E-state index contributed by atoms with van der Waals surface area (Å²) < 4.78 is 12.7. The summed E-state index contributed by atoms with van der Waals surface area (Å²) in [5.41, 5.74) is 2.34. The van der Waals surface area contributed by atoms with Crippen molar-refractivity contribution in [2.75, 3.05) is 11.9 Å². The molecular formula is C22H18N2O4. The highest BCUT2D eigenvalue weighted by molar-refractivity contribution is 6.20. The van der Waals surface area contributed by atoms with Crippen LogP contribution in [-0.2, 0) is 0 Å². The van der Waals surface area contributed by atoms with Gasteiger partial charge in [-0.2, -0.15) is 4.73 Å². The number of para-hydroxylation sites is 1. The molecule has 1 aliphatic carbocycles. The molecule has 0 radical (unpaired) electrons. The number of rotatable bonds is 5. The van der Waals surface area contributed by atoms with Gasteiger partial charge in [0, 0.05) is 22.9 Å². The Morgan fingerprint density at radius 3 is 2.71 bits per heavy atom. The zero-order chi connectivity index (χ0) is 19.1. The highest BCUT2D eigenvalue weighted by Crippen LogP contribution is 2.38. The summed E-state index contributed by atoms with van der Waals surface area (Å²) in [6.07, 6.45) is 5.08. The molecule has 6 nitrogen and oxygen atoms in total. The molecule has 0 spiro atoms. The van der Waals surface area contributed by atoms with Crippen LogP contribution >= 0.6 is 0 Å². The molecular weight excluding hydrogens is 356 g/mol. The average molecular weight is 374 g/mol. The molecule has 4 aromatic rings. The third-order valence-electron chi connectivity index (χ3n) is 4.97. The number of pyridine rings is 1. The van der Waals surface area contributed by atoms with Crippen LogP contribution in [0.15, 0.2) is 65.3 Å². The van der Waals surface area contributed by atoms with Crippen molar-refractivity contribution in [3.63, 3.8) is 0 Å². The van der Waals surface area contributed by atoms with Crippen molar-refractivity contribution in [2.45, 2.75) is 12.8 Å². The van der Waals surface area contributed by atoms with Crippen LogP contribution in [0.3, 0.4) is 0 Å². The van der Waals surface area contributed by atoms with Gasteiger partial charge in [0.05, 0.1) is 17.9 Å². The second-order valence-electron chi connectivity index (χ2n) is 7.07. The number of hydrogen-bond donors (Lipinski definition) is 1. The van der Waals surface area contributed by atoms with E-state index in [1.807, 2.05) is 24.3 Å². The number of amides is 1. The van der Waals surface area contributed by atoms with Crippen molar-refractivity contribution >= 4 is 33.5 Å². The van der Waals surface area contributed by atoms with Crippen LogP contribution in [0.2, 0.25) is 0 Å². The molecule has 1 saturated carbocycles. The first-order valence-corrected chi connectivity index (χ1v) is 9.26. The molecule has 5 rings (SSSR count). The van der Waals surface area contributed by atoms with E-state index in [0.717, 1.165) is 10.8 Å². The van der Waals surface area contributed by atoms with E-state index >= 15 is 0 Å². The lowest BCUT2D eigenvalue weighted by molar-refractivity contribution is -0.605. The van der Waals surface area contributed by atoms with Gasteiger partial charge in [0.15, 0.2) is 23.7 Å². The number of fused-ring (bicyclic) bond motifs is 3. The normalized spacial score (nSPS) is 13.7. The summed E-state index contributed by atoms with van der Waals surface area (Å²) in [6.45, 7) is 0.664. The van der Waals surface area contributed by atoms with E-state index in [0.29, 0.717) is 45.4 Å². The van der Waals surface area contributed by atoms with Gasteiger partial charge in [-0.3, -0.25) is 4.79 Å². The molecule has 0 aliphatic heterocycles. The average Bonchev–Trinajstić information content (AvgIpc) is 3.46. The van der Waals surface area contributed by atoms with Gasteiger partial charge in [0.1, 0.15) is 5.58 Å². The fourth-order valence-corrected chi connectivity index (χ4v) is 3.29. The first-order chi connectivity index (χ1) is 13.7. The lowest BCUT2D eigenvalue weighted by Gasteiger charge is -2.09. The van der Waals surface area contributed by atoms with Gasteiger partial charge < -0.3 is 19.7 Å².